The molecule has 1 aromatic heterocycles. The molecule has 0 fully saturated rings. The highest BCUT2D eigenvalue weighted by molar-refractivity contribution is 5.86. The SMILES string of the molecule is CC(=O)C(C)Nc1ccc2ncccc2c1. The van der Waals surface area contributed by atoms with Gasteiger partial charge in [-0.05, 0) is 38.1 Å². The molecule has 16 heavy (non-hydrogen) atoms. The molecule has 1 heterocycles. The lowest BCUT2D eigenvalue weighted by Crippen LogP contribution is -2.23. The summed E-state index contributed by atoms with van der Waals surface area (Å²) in [6, 6.07) is 9.64. The Balaban J connectivity index is 2.29. The van der Waals surface area contributed by atoms with Gasteiger partial charge in [0, 0.05) is 17.3 Å². The van der Waals surface area contributed by atoms with Crippen LogP contribution in [-0.2, 0) is 4.79 Å². The molecule has 0 saturated heterocycles. The van der Waals surface area contributed by atoms with Gasteiger partial charge < -0.3 is 5.32 Å². The Bertz CT molecular complexity index is 522. The number of anilines is 1. The highest BCUT2D eigenvalue weighted by Gasteiger charge is 2.06. The third-order valence-electron chi connectivity index (χ3n) is 2.60. The van der Waals surface area contributed by atoms with Gasteiger partial charge in [-0.25, -0.2) is 0 Å². The van der Waals surface area contributed by atoms with Crippen molar-refractivity contribution in [2.24, 2.45) is 0 Å². The second kappa shape index (κ2) is 4.31. The summed E-state index contributed by atoms with van der Waals surface area (Å²) in [5.41, 5.74) is 1.91. The predicted molar refractivity (Wildman–Crippen MR) is 65.5 cm³/mol. The van der Waals surface area contributed by atoms with Crippen LogP contribution in [0.25, 0.3) is 10.9 Å². The molecule has 2 rings (SSSR count). The zero-order valence-corrected chi connectivity index (χ0v) is 9.40. The molecule has 1 aromatic carbocycles. The van der Waals surface area contributed by atoms with Crippen molar-refractivity contribution in [3.63, 3.8) is 0 Å². The van der Waals surface area contributed by atoms with Crippen LogP contribution in [0.2, 0.25) is 0 Å². The molecule has 0 amide bonds. The lowest BCUT2D eigenvalue weighted by molar-refractivity contribution is -0.117. The van der Waals surface area contributed by atoms with Gasteiger partial charge in [-0.1, -0.05) is 6.07 Å². The number of hydrogen-bond acceptors (Lipinski definition) is 3. The Hall–Kier alpha value is -1.90. The lowest BCUT2D eigenvalue weighted by atomic mass is 10.1. The van der Waals surface area contributed by atoms with Crippen LogP contribution in [0.15, 0.2) is 36.5 Å². The average Bonchev–Trinajstić information content (AvgIpc) is 2.28. The highest BCUT2D eigenvalue weighted by Crippen LogP contribution is 2.17. The van der Waals surface area contributed by atoms with Crippen LogP contribution in [0.3, 0.4) is 0 Å². The number of carbonyl (C=O) groups is 1. The summed E-state index contributed by atoms with van der Waals surface area (Å²) in [4.78, 5) is 15.4. The molecule has 3 nitrogen and oxygen atoms in total. The maximum absolute atomic E-state index is 11.1. The van der Waals surface area contributed by atoms with Gasteiger partial charge in [0.15, 0.2) is 5.78 Å². The molecule has 3 heteroatoms. The summed E-state index contributed by atoms with van der Waals surface area (Å²) in [5, 5.41) is 4.23. The second-order valence-corrected chi connectivity index (χ2v) is 3.89. The number of aromatic nitrogens is 1. The first-order chi connectivity index (χ1) is 7.66. The number of pyridine rings is 1. The summed E-state index contributed by atoms with van der Waals surface area (Å²) >= 11 is 0. The first-order valence-electron chi connectivity index (χ1n) is 5.28. The normalized spacial score (nSPS) is 12.4. The van der Waals surface area contributed by atoms with Crippen molar-refractivity contribution in [3.8, 4) is 0 Å². The van der Waals surface area contributed by atoms with Crippen LogP contribution in [0.1, 0.15) is 13.8 Å². The molecule has 0 aliphatic heterocycles. The van der Waals surface area contributed by atoms with Crippen LogP contribution < -0.4 is 5.32 Å². The van der Waals surface area contributed by atoms with Gasteiger partial charge in [0.1, 0.15) is 0 Å². The fourth-order valence-corrected chi connectivity index (χ4v) is 1.52. The first-order valence-corrected chi connectivity index (χ1v) is 5.28. The summed E-state index contributed by atoms with van der Waals surface area (Å²) in [6.45, 7) is 3.44. The second-order valence-electron chi connectivity index (χ2n) is 3.89. The number of carbonyl (C=O) groups excluding carboxylic acids is 1. The molecule has 0 saturated carbocycles. The van der Waals surface area contributed by atoms with Gasteiger partial charge in [0.25, 0.3) is 0 Å². The molecule has 0 spiro atoms. The maximum Gasteiger partial charge on any atom is 0.151 e. The van der Waals surface area contributed by atoms with E-state index in [-0.39, 0.29) is 11.8 Å². The fourth-order valence-electron chi connectivity index (χ4n) is 1.52. The molecule has 1 N–H and O–H groups in total. The summed E-state index contributed by atoms with van der Waals surface area (Å²) in [5.74, 6) is 0.131. The minimum atomic E-state index is -0.158. The zero-order valence-electron chi connectivity index (χ0n) is 9.40. The Morgan fingerprint density at radius 1 is 1.38 bits per heavy atom. The van der Waals surface area contributed by atoms with Gasteiger partial charge in [0.05, 0.1) is 11.6 Å². The van der Waals surface area contributed by atoms with Crippen LogP contribution >= 0.6 is 0 Å². The Kier molecular flexibility index (Phi) is 2.86. The number of fused-ring (bicyclic) bond motifs is 1. The third kappa shape index (κ3) is 2.19. The van der Waals surface area contributed by atoms with E-state index >= 15 is 0 Å². The molecule has 82 valence electrons. The van der Waals surface area contributed by atoms with Crippen molar-refractivity contribution in [1.82, 2.24) is 4.98 Å². The van der Waals surface area contributed by atoms with Gasteiger partial charge in [-0.2, -0.15) is 0 Å². The number of nitrogens with one attached hydrogen (secondary N) is 1. The number of ketones is 1. The Morgan fingerprint density at radius 2 is 2.19 bits per heavy atom. The van der Waals surface area contributed by atoms with Crippen LogP contribution in [0.5, 0.6) is 0 Å². The molecule has 1 atom stereocenters. The van der Waals surface area contributed by atoms with Crippen LogP contribution in [0.4, 0.5) is 5.69 Å². The number of nitrogens with zero attached hydrogens (tertiary/aromatic N) is 1. The minimum Gasteiger partial charge on any atom is -0.376 e. The van der Waals surface area contributed by atoms with E-state index in [1.54, 1.807) is 13.1 Å². The molecular weight excluding hydrogens is 200 g/mol. The zero-order chi connectivity index (χ0) is 11.5. The Labute approximate surface area is 94.5 Å². The van der Waals surface area contributed by atoms with Crippen molar-refractivity contribution < 1.29 is 4.79 Å². The summed E-state index contributed by atoms with van der Waals surface area (Å²) in [7, 11) is 0. The van der Waals surface area contributed by atoms with Gasteiger partial charge in [0.2, 0.25) is 0 Å². The number of Topliss-reactive ketones (excluding diaryl/α,β-unsaturated/α-hetero) is 1. The van der Waals surface area contributed by atoms with Crippen molar-refractivity contribution in [2.75, 3.05) is 5.32 Å². The Morgan fingerprint density at radius 3 is 2.94 bits per heavy atom. The van der Waals surface area contributed by atoms with Crippen molar-refractivity contribution in [2.45, 2.75) is 19.9 Å². The van der Waals surface area contributed by atoms with Gasteiger partial charge in [-0.15, -0.1) is 0 Å². The van der Waals surface area contributed by atoms with Crippen LogP contribution in [-0.4, -0.2) is 16.8 Å². The molecule has 0 aliphatic carbocycles. The smallest absolute Gasteiger partial charge is 0.151 e. The monoisotopic (exact) mass is 214 g/mol. The van der Waals surface area contributed by atoms with Crippen molar-refractivity contribution in [3.05, 3.63) is 36.5 Å². The van der Waals surface area contributed by atoms with E-state index < -0.39 is 0 Å². The first kappa shape index (κ1) is 10.6. The van der Waals surface area contributed by atoms with E-state index in [1.807, 2.05) is 37.3 Å². The standard InChI is InChI=1S/C13H14N2O/c1-9(10(2)16)15-12-5-6-13-11(8-12)4-3-7-14-13/h3-9,15H,1-2H3. The summed E-state index contributed by atoms with van der Waals surface area (Å²) < 4.78 is 0. The molecule has 2 aromatic rings. The van der Waals surface area contributed by atoms with Gasteiger partial charge in [-0.3, -0.25) is 9.78 Å². The topological polar surface area (TPSA) is 42.0 Å². The highest BCUT2D eigenvalue weighted by atomic mass is 16.1. The lowest BCUT2D eigenvalue weighted by Gasteiger charge is -2.12. The predicted octanol–water partition coefficient (Wildman–Crippen LogP) is 2.62. The number of rotatable bonds is 3. The summed E-state index contributed by atoms with van der Waals surface area (Å²) in [6.07, 6.45) is 1.77. The van der Waals surface area contributed by atoms with Gasteiger partial charge >= 0.3 is 0 Å². The number of benzene rings is 1. The largest absolute Gasteiger partial charge is 0.376 e. The van der Waals surface area contributed by atoms with Crippen molar-refractivity contribution in [1.29, 1.82) is 0 Å². The van der Waals surface area contributed by atoms with E-state index in [9.17, 15) is 4.79 Å². The fraction of sp³-hybridized carbons (Fsp3) is 0.231. The molecule has 0 bridgehead atoms. The maximum atomic E-state index is 11.1. The van der Waals surface area contributed by atoms with E-state index in [0.29, 0.717) is 0 Å². The minimum absolute atomic E-state index is 0.131. The molecular formula is C13H14N2O. The third-order valence-corrected chi connectivity index (χ3v) is 2.60. The van der Waals surface area contributed by atoms with Crippen molar-refractivity contribution >= 4 is 22.4 Å². The van der Waals surface area contributed by atoms with E-state index in [1.165, 1.54) is 0 Å². The quantitative estimate of drug-likeness (QED) is 0.854. The van der Waals surface area contributed by atoms with Crippen LogP contribution in [0, 0.1) is 0 Å². The van der Waals surface area contributed by atoms with E-state index in [2.05, 4.69) is 10.3 Å². The van der Waals surface area contributed by atoms with E-state index in [0.717, 1.165) is 16.6 Å². The molecule has 0 aliphatic rings. The molecule has 0 radical (unpaired) electrons. The average molecular weight is 214 g/mol. The number of hydrogen-bond donors (Lipinski definition) is 1. The van der Waals surface area contributed by atoms with E-state index in [4.69, 9.17) is 0 Å². The molecule has 1 unspecified atom stereocenters.